The molecule has 0 aromatic carbocycles. The molecule has 124 valence electrons. The lowest BCUT2D eigenvalue weighted by Gasteiger charge is -2.21. The van der Waals surface area contributed by atoms with Gasteiger partial charge < -0.3 is 21.0 Å². The predicted octanol–water partition coefficient (Wildman–Crippen LogP) is 0.997. The van der Waals surface area contributed by atoms with Crippen LogP contribution >= 0.6 is 11.3 Å². The number of nitrogens with one attached hydrogen (secondary N) is 1. The summed E-state index contributed by atoms with van der Waals surface area (Å²) >= 11 is 1.35. The molecule has 7 heteroatoms. The van der Waals surface area contributed by atoms with E-state index in [1.54, 1.807) is 0 Å². The van der Waals surface area contributed by atoms with Gasteiger partial charge in [0.25, 0.3) is 5.91 Å². The number of carbonyl (C=O) groups is 3. The van der Waals surface area contributed by atoms with Crippen LogP contribution in [-0.4, -0.2) is 17.8 Å². The molecule has 0 saturated carbocycles. The molecule has 2 rings (SSSR count). The number of carboxylic acid groups (broad SMARTS) is 1. The first-order valence-electron chi connectivity index (χ1n) is 7.56. The Kier molecular flexibility index (Phi) is 5.54. The van der Waals surface area contributed by atoms with Crippen LogP contribution in [0.5, 0.6) is 0 Å². The highest BCUT2D eigenvalue weighted by Gasteiger charge is 2.28. The number of thiophene rings is 1. The van der Waals surface area contributed by atoms with E-state index in [0.29, 0.717) is 22.6 Å². The van der Waals surface area contributed by atoms with Gasteiger partial charge in [-0.15, -0.1) is 11.3 Å². The number of aliphatic carboxylic acids is 1. The first-order valence-corrected chi connectivity index (χ1v) is 8.38. The van der Waals surface area contributed by atoms with E-state index in [2.05, 4.69) is 12.2 Å². The maximum atomic E-state index is 11.8. The van der Waals surface area contributed by atoms with Gasteiger partial charge in [0, 0.05) is 11.0 Å². The standard InChI is InChI=1S/C16H20N2O4S/c1-2-3-9-4-5-10-11(8-9)23-16(14(10)15(17)22)18-12(19)6-7-13(20)21/h6-7,9H,2-5,8H2,1H3,(H2,17,22)(H,18,19)(H,20,21)/p-1/b7-6-/t9-/m0/s1. The number of anilines is 1. The Morgan fingerprint density at radius 3 is 2.74 bits per heavy atom. The van der Waals surface area contributed by atoms with Gasteiger partial charge in [-0.1, -0.05) is 19.8 Å². The minimum absolute atomic E-state index is 0.357. The van der Waals surface area contributed by atoms with E-state index in [4.69, 9.17) is 5.73 Å². The number of rotatable bonds is 6. The normalized spacial score (nSPS) is 17.0. The minimum atomic E-state index is -1.46. The summed E-state index contributed by atoms with van der Waals surface area (Å²) in [5, 5.41) is 13.3. The zero-order chi connectivity index (χ0) is 17.0. The summed E-state index contributed by atoms with van der Waals surface area (Å²) in [5.41, 5.74) is 6.75. The second-order valence-corrected chi connectivity index (χ2v) is 6.72. The predicted molar refractivity (Wildman–Crippen MR) is 86.0 cm³/mol. The number of carboxylic acids is 1. The van der Waals surface area contributed by atoms with Gasteiger partial charge >= 0.3 is 0 Å². The molecule has 1 aromatic rings. The zero-order valence-electron chi connectivity index (χ0n) is 12.9. The molecule has 2 amide bonds. The van der Waals surface area contributed by atoms with Crippen LogP contribution in [0.4, 0.5) is 5.00 Å². The molecular formula is C16H19N2O4S-. The van der Waals surface area contributed by atoms with Crippen molar-refractivity contribution < 1.29 is 19.5 Å². The number of hydrogen-bond donors (Lipinski definition) is 2. The van der Waals surface area contributed by atoms with Crippen LogP contribution in [0, 0.1) is 5.92 Å². The molecule has 1 aromatic heterocycles. The number of hydrogen-bond acceptors (Lipinski definition) is 5. The first-order chi connectivity index (χ1) is 10.9. The van der Waals surface area contributed by atoms with Gasteiger partial charge in [0.05, 0.1) is 11.5 Å². The van der Waals surface area contributed by atoms with Crippen molar-refractivity contribution in [3.05, 3.63) is 28.2 Å². The van der Waals surface area contributed by atoms with E-state index in [1.165, 1.54) is 11.3 Å². The molecule has 0 unspecified atom stereocenters. The molecule has 1 heterocycles. The molecule has 0 saturated heterocycles. The van der Waals surface area contributed by atoms with E-state index in [-0.39, 0.29) is 0 Å². The third kappa shape index (κ3) is 4.19. The number of amides is 2. The summed E-state index contributed by atoms with van der Waals surface area (Å²) in [6.45, 7) is 2.15. The highest BCUT2D eigenvalue weighted by molar-refractivity contribution is 7.17. The molecule has 0 fully saturated rings. The summed E-state index contributed by atoms with van der Waals surface area (Å²) in [5.74, 6) is -2.06. The molecule has 23 heavy (non-hydrogen) atoms. The topological polar surface area (TPSA) is 112 Å². The fourth-order valence-corrected chi connectivity index (χ4v) is 4.33. The molecule has 1 aliphatic rings. The summed E-state index contributed by atoms with van der Waals surface area (Å²) in [6.07, 6.45) is 6.43. The monoisotopic (exact) mass is 335 g/mol. The van der Waals surface area contributed by atoms with E-state index in [0.717, 1.165) is 48.6 Å². The first kappa shape index (κ1) is 17.2. The van der Waals surface area contributed by atoms with Crippen molar-refractivity contribution in [2.45, 2.75) is 39.0 Å². The molecule has 0 spiro atoms. The maximum Gasteiger partial charge on any atom is 0.251 e. The Morgan fingerprint density at radius 1 is 1.39 bits per heavy atom. The van der Waals surface area contributed by atoms with Crippen molar-refractivity contribution in [1.82, 2.24) is 0 Å². The third-order valence-electron chi connectivity index (χ3n) is 3.92. The smallest absolute Gasteiger partial charge is 0.251 e. The number of carbonyl (C=O) groups excluding carboxylic acids is 3. The maximum absolute atomic E-state index is 11.8. The highest BCUT2D eigenvalue weighted by atomic mass is 32.1. The van der Waals surface area contributed by atoms with Crippen LogP contribution < -0.4 is 16.2 Å². The largest absolute Gasteiger partial charge is 0.545 e. The van der Waals surface area contributed by atoms with Crippen LogP contribution in [0.2, 0.25) is 0 Å². The van der Waals surface area contributed by atoms with E-state index in [9.17, 15) is 19.5 Å². The second-order valence-electron chi connectivity index (χ2n) is 5.61. The molecule has 1 aliphatic carbocycles. The van der Waals surface area contributed by atoms with Crippen molar-refractivity contribution in [2.75, 3.05) is 5.32 Å². The minimum Gasteiger partial charge on any atom is -0.545 e. The lowest BCUT2D eigenvalue weighted by atomic mass is 9.84. The number of nitrogens with two attached hydrogens (primary N) is 1. The zero-order valence-corrected chi connectivity index (χ0v) is 13.7. The van der Waals surface area contributed by atoms with E-state index >= 15 is 0 Å². The number of primary amides is 1. The molecule has 0 bridgehead atoms. The summed E-state index contributed by atoms with van der Waals surface area (Å²) in [4.78, 5) is 34.9. The molecule has 6 nitrogen and oxygen atoms in total. The summed E-state index contributed by atoms with van der Waals surface area (Å²) in [7, 11) is 0. The van der Waals surface area contributed by atoms with Gasteiger partial charge in [-0.3, -0.25) is 9.59 Å². The molecule has 3 N–H and O–H groups in total. The van der Waals surface area contributed by atoms with Crippen molar-refractivity contribution in [1.29, 1.82) is 0 Å². The summed E-state index contributed by atoms with van der Waals surface area (Å²) in [6, 6.07) is 0. The van der Waals surface area contributed by atoms with E-state index < -0.39 is 17.8 Å². The molecular weight excluding hydrogens is 316 g/mol. The lowest BCUT2D eigenvalue weighted by molar-refractivity contribution is -0.297. The van der Waals surface area contributed by atoms with Gasteiger partial charge in [-0.05, 0) is 36.8 Å². The quantitative estimate of drug-likeness (QED) is 0.755. The van der Waals surface area contributed by atoms with Crippen molar-refractivity contribution in [2.24, 2.45) is 11.7 Å². The van der Waals surface area contributed by atoms with Crippen LogP contribution in [0.15, 0.2) is 12.2 Å². The Bertz CT molecular complexity index is 663. The summed E-state index contributed by atoms with van der Waals surface area (Å²) < 4.78 is 0. The molecule has 0 radical (unpaired) electrons. The van der Waals surface area contributed by atoms with Gasteiger partial charge in [-0.2, -0.15) is 0 Å². The average Bonchev–Trinajstić information content (AvgIpc) is 2.82. The van der Waals surface area contributed by atoms with Crippen LogP contribution in [0.3, 0.4) is 0 Å². The highest BCUT2D eigenvalue weighted by Crippen LogP contribution is 2.40. The van der Waals surface area contributed by atoms with Crippen LogP contribution in [0.1, 0.15) is 47.0 Å². The van der Waals surface area contributed by atoms with Crippen LogP contribution in [-0.2, 0) is 22.4 Å². The van der Waals surface area contributed by atoms with Gasteiger partial charge in [0.1, 0.15) is 5.00 Å². The van der Waals surface area contributed by atoms with Gasteiger partial charge in [0.15, 0.2) is 0 Å². The Balaban J connectivity index is 2.25. The number of fused-ring (bicyclic) bond motifs is 1. The van der Waals surface area contributed by atoms with Crippen molar-refractivity contribution in [3.63, 3.8) is 0 Å². The lowest BCUT2D eigenvalue weighted by Crippen LogP contribution is -2.21. The average molecular weight is 335 g/mol. The van der Waals surface area contributed by atoms with E-state index in [1.807, 2.05) is 0 Å². The van der Waals surface area contributed by atoms with Gasteiger partial charge in [-0.25, -0.2) is 0 Å². The molecule has 0 aliphatic heterocycles. The Morgan fingerprint density at radius 2 is 2.13 bits per heavy atom. The third-order valence-corrected chi connectivity index (χ3v) is 5.09. The van der Waals surface area contributed by atoms with Gasteiger partial charge in [0.2, 0.25) is 5.91 Å². The molecule has 1 atom stereocenters. The fraction of sp³-hybridized carbons (Fsp3) is 0.438. The second kappa shape index (κ2) is 7.41. The SMILES string of the molecule is CCC[C@H]1CCc2c(sc(NC(=O)/C=C\C(=O)[O-])c2C(N)=O)C1. The Hall–Kier alpha value is -2.15. The van der Waals surface area contributed by atoms with Crippen molar-refractivity contribution >= 4 is 34.1 Å². The Labute approximate surface area is 138 Å². The fourth-order valence-electron chi connectivity index (χ4n) is 2.95. The van der Waals surface area contributed by atoms with Crippen molar-refractivity contribution in [3.8, 4) is 0 Å². The van der Waals surface area contributed by atoms with Crippen LogP contribution in [0.25, 0.3) is 0 Å².